The lowest BCUT2D eigenvalue weighted by Gasteiger charge is -2.27. The molecule has 0 radical (unpaired) electrons. The maximum atomic E-state index is 10.9. The lowest BCUT2D eigenvalue weighted by molar-refractivity contribution is -0.158. The van der Waals surface area contributed by atoms with Gasteiger partial charge in [-0.2, -0.15) is 0 Å². The molecule has 4 nitrogen and oxygen atoms in total. The number of fused-ring (bicyclic) bond motifs is 1. The fraction of sp³-hybridized carbons (Fsp3) is 0.500. The minimum Gasteiger partial charge on any atom is -0.479 e. The summed E-state index contributed by atoms with van der Waals surface area (Å²) in [5, 5.41) is 18.8. The number of hydrogen-bond acceptors (Lipinski definition) is 3. The maximum absolute atomic E-state index is 10.9. The molecule has 1 heterocycles. The number of carboxylic acid groups (broad SMARTS) is 1. The molecule has 0 saturated carbocycles. The Morgan fingerprint density at radius 1 is 1.28 bits per heavy atom. The minimum atomic E-state index is -1.67. The molecule has 0 fully saturated rings. The van der Waals surface area contributed by atoms with Gasteiger partial charge in [-0.15, -0.1) is 0 Å². The summed E-state index contributed by atoms with van der Waals surface area (Å²) in [4.78, 5) is 12.9. The molecule has 1 aliphatic rings. The summed E-state index contributed by atoms with van der Waals surface area (Å²) in [7, 11) is 0. The minimum absolute atomic E-state index is 0.177. The SMILES string of the molecule is CC(O)(CN1CCc2ccccc2CC1)C(=O)O. The van der Waals surface area contributed by atoms with Crippen molar-refractivity contribution < 1.29 is 15.0 Å². The summed E-state index contributed by atoms with van der Waals surface area (Å²) >= 11 is 0. The van der Waals surface area contributed by atoms with E-state index in [-0.39, 0.29) is 6.54 Å². The van der Waals surface area contributed by atoms with E-state index in [1.165, 1.54) is 18.1 Å². The average Bonchev–Trinajstić information content (AvgIpc) is 2.52. The van der Waals surface area contributed by atoms with Crippen LogP contribution in [0.15, 0.2) is 24.3 Å². The number of carbonyl (C=O) groups is 1. The molecule has 1 aliphatic heterocycles. The van der Waals surface area contributed by atoms with Crippen molar-refractivity contribution >= 4 is 5.97 Å². The molecule has 1 unspecified atom stereocenters. The van der Waals surface area contributed by atoms with Crippen LogP contribution < -0.4 is 0 Å². The van der Waals surface area contributed by atoms with Crippen LogP contribution in [-0.2, 0) is 17.6 Å². The van der Waals surface area contributed by atoms with E-state index in [0.29, 0.717) is 0 Å². The van der Waals surface area contributed by atoms with Crippen molar-refractivity contribution in [3.05, 3.63) is 35.4 Å². The van der Waals surface area contributed by atoms with Crippen LogP contribution in [0.3, 0.4) is 0 Å². The van der Waals surface area contributed by atoms with Crippen molar-refractivity contribution in [1.82, 2.24) is 4.90 Å². The molecule has 0 saturated heterocycles. The smallest absolute Gasteiger partial charge is 0.336 e. The van der Waals surface area contributed by atoms with E-state index in [1.807, 2.05) is 17.0 Å². The zero-order valence-corrected chi connectivity index (χ0v) is 10.6. The highest BCUT2D eigenvalue weighted by atomic mass is 16.4. The summed E-state index contributed by atoms with van der Waals surface area (Å²) in [5.74, 6) is -1.16. The van der Waals surface area contributed by atoms with E-state index >= 15 is 0 Å². The van der Waals surface area contributed by atoms with Crippen LogP contribution in [-0.4, -0.2) is 46.3 Å². The second-order valence-electron chi connectivity index (χ2n) is 5.12. The normalized spacial score (nSPS) is 19.7. The Kier molecular flexibility index (Phi) is 3.68. The topological polar surface area (TPSA) is 60.8 Å². The molecule has 2 N–H and O–H groups in total. The molecule has 18 heavy (non-hydrogen) atoms. The van der Waals surface area contributed by atoms with Crippen molar-refractivity contribution in [1.29, 1.82) is 0 Å². The van der Waals surface area contributed by atoms with Crippen LogP contribution >= 0.6 is 0 Å². The number of nitrogens with zero attached hydrogens (tertiary/aromatic N) is 1. The van der Waals surface area contributed by atoms with E-state index in [4.69, 9.17) is 5.11 Å². The highest BCUT2D eigenvalue weighted by molar-refractivity contribution is 5.76. The van der Waals surface area contributed by atoms with E-state index in [0.717, 1.165) is 25.9 Å². The largest absolute Gasteiger partial charge is 0.479 e. The fourth-order valence-corrected chi connectivity index (χ4v) is 2.38. The molecule has 0 spiro atoms. The lowest BCUT2D eigenvalue weighted by Crippen LogP contribution is -2.47. The van der Waals surface area contributed by atoms with Crippen LogP contribution in [0.25, 0.3) is 0 Å². The van der Waals surface area contributed by atoms with Gasteiger partial charge in [0.1, 0.15) is 0 Å². The van der Waals surface area contributed by atoms with Crippen molar-refractivity contribution in [2.45, 2.75) is 25.4 Å². The summed E-state index contributed by atoms with van der Waals surface area (Å²) in [6, 6.07) is 8.30. The zero-order valence-electron chi connectivity index (χ0n) is 10.6. The molecule has 2 rings (SSSR count). The van der Waals surface area contributed by atoms with E-state index in [1.54, 1.807) is 0 Å². The van der Waals surface area contributed by atoms with Crippen LogP contribution in [0.4, 0.5) is 0 Å². The van der Waals surface area contributed by atoms with Gasteiger partial charge in [0.2, 0.25) is 0 Å². The Hall–Kier alpha value is -1.39. The van der Waals surface area contributed by atoms with E-state index in [9.17, 15) is 9.90 Å². The maximum Gasteiger partial charge on any atom is 0.336 e. The molecule has 0 aromatic heterocycles. The molecule has 0 aliphatic carbocycles. The second-order valence-corrected chi connectivity index (χ2v) is 5.12. The first-order valence-electron chi connectivity index (χ1n) is 6.24. The Labute approximate surface area is 107 Å². The molecule has 0 bridgehead atoms. The van der Waals surface area contributed by atoms with Crippen LogP contribution in [0.1, 0.15) is 18.1 Å². The van der Waals surface area contributed by atoms with Crippen LogP contribution in [0.5, 0.6) is 0 Å². The van der Waals surface area contributed by atoms with Gasteiger partial charge in [-0.05, 0) is 30.9 Å². The number of aliphatic hydroxyl groups is 1. The molecule has 1 aromatic rings. The predicted octanol–water partition coefficient (Wildman–Crippen LogP) is 0.923. The Morgan fingerprint density at radius 3 is 2.22 bits per heavy atom. The van der Waals surface area contributed by atoms with Crippen molar-refractivity contribution in [3.8, 4) is 0 Å². The van der Waals surface area contributed by atoms with Gasteiger partial charge in [0.05, 0.1) is 0 Å². The van der Waals surface area contributed by atoms with Gasteiger partial charge in [-0.3, -0.25) is 4.90 Å². The summed E-state index contributed by atoms with van der Waals surface area (Å²) in [5.41, 5.74) is 0.987. The number of hydrogen-bond donors (Lipinski definition) is 2. The van der Waals surface area contributed by atoms with Crippen molar-refractivity contribution in [2.75, 3.05) is 19.6 Å². The van der Waals surface area contributed by atoms with Gasteiger partial charge >= 0.3 is 5.97 Å². The average molecular weight is 249 g/mol. The van der Waals surface area contributed by atoms with Gasteiger partial charge in [0.25, 0.3) is 0 Å². The molecule has 4 heteroatoms. The monoisotopic (exact) mass is 249 g/mol. The van der Waals surface area contributed by atoms with Gasteiger partial charge in [-0.1, -0.05) is 24.3 Å². The van der Waals surface area contributed by atoms with E-state index < -0.39 is 11.6 Å². The molecule has 0 amide bonds. The number of rotatable bonds is 3. The third-order valence-corrected chi connectivity index (χ3v) is 3.51. The van der Waals surface area contributed by atoms with Gasteiger partial charge in [0.15, 0.2) is 5.60 Å². The first-order valence-corrected chi connectivity index (χ1v) is 6.24. The number of aliphatic carboxylic acids is 1. The Bertz CT molecular complexity index is 415. The lowest BCUT2D eigenvalue weighted by atomic mass is 10.0. The molecule has 98 valence electrons. The Balaban J connectivity index is 2.02. The fourth-order valence-electron chi connectivity index (χ4n) is 2.38. The van der Waals surface area contributed by atoms with Crippen molar-refractivity contribution in [2.24, 2.45) is 0 Å². The first-order chi connectivity index (χ1) is 8.49. The van der Waals surface area contributed by atoms with E-state index in [2.05, 4.69) is 12.1 Å². The summed E-state index contributed by atoms with van der Waals surface area (Å²) in [6.45, 7) is 3.12. The number of β-amino-alcohol motifs (C(OH)–C–C–N with tert-alkyl or cyclic N) is 1. The zero-order chi connectivity index (χ0) is 13.2. The standard InChI is InChI=1S/C14H19NO3/c1-14(18,13(16)17)10-15-8-6-11-4-2-3-5-12(11)7-9-15/h2-5,18H,6-10H2,1H3,(H,16,17). The molecule has 1 aromatic carbocycles. The summed E-state index contributed by atoms with van der Waals surface area (Å²) in [6.07, 6.45) is 1.82. The highest BCUT2D eigenvalue weighted by Crippen LogP contribution is 2.17. The van der Waals surface area contributed by atoms with Gasteiger partial charge in [-0.25, -0.2) is 4.79 Å². The highest BCUT2D eigenvalue weighted by Gasteiger charge is 2.32. The van der Waals surface area contributed by atoms with Gasteiger partial charge in [0, 0.05) is 19.6 Å². The second kappa shape index (κ2) is 5.08. The molecule has 1 atom stereocenters. The molecular weight excluding hydrogens is 230 g/mol. The van der Waals surface area contributed by atoms with Gasteiger partial charge < -0.3 is 10.2 Å². The third kappa shape index (κ3) is 2.89. The predicted molar refractivity (Wildman–Crippen MR) is 68.5 cm³/mol. The quantitative estimate of drug-likeness (QED) is 0.836. The third-order valence-electron chi connectivity index (χ3n) is 3.51. The first kappa shape index (κ1) is 13.1. The van der Waals surface area contributed by atoms with Crippen molar-refractivity contribution in [3.63, 3.8) is 0 Å². The number of benzene rings is 1. The summed E-state index contributed by atoms with van der Waals surface area (Å²) < 4.78 is 0. The van der Waals surface area contributed by atoms with Crippen LogP contribution in [0, 0.1) is 0 Å². The number of carboxylic acids is 1. The molecular formula is C14H19NO3. The Morgan fingerprint density at radius 2 is 1.78 bits per heavy atom. The van der Waals surface area contributed by atoms with Crippen LogP contribution in [0.2, 0.25) is 0 Å².